The molecule has 0 fully saturated rings. The lowest BCUT2D eigenvalue weighted by atomic mass is 10.2. The number of aromatic carboxylic acids is 1. The van der Waals surface area contributed by atoms with Crippen LogP contribution in [0.3, 0.4) is 0 Å². The molecular weight excluding hydrogens is 312 g/mol. The molecule has 0 saturated heterocycles. The van der Waals surface area contributed by atoms with Gasteiger partial charge in [-0.2, -0.15) is 0 Å². The van der Waals surface area contributed by atoms with Gasteiger partial charge in [-0.05, 0) is 24.3 Å². The van der Waals surface area contributed by atoms with Crippen molar-refractivity contribution in [3.8, 4) is 11.5 Å². The van der Waals surface area contributed by atoms with Crippen LogP contribution in [-0.4, -0.2) is 24.3 Å². The number of hydrogen-bond acceptors (Lipinski definition) is 4. The number of carbonyl (C=O) groups is 1. The molecule has 0 aliphatic carbocycles. The van der Waals surface area contributed by atoms with Crippen LogP contribution < -0.4 is 9.47 Å². The summed E-state index contributed by atoms with van der Waals surface area (Å²) in [6, 6.07) is 17.1. The van der Waals surface area contributed by atoms with Crippen LogP contribution in [0.25, 0.3) is 10.1 Å². The molecule has 1 aromatic heterocycles. The first kappa shape index (κ1) is 15.4. The van der Waals surface area contributed by atoms with Gasteiger partial charge in [0, 0.05) is 16.5 Å². The predicted molar refractivity (Wildman–Crippen MR) is 90.8 cm³/mol. The molecule has 4 nitrogen and oxygen atoms in total. The first-order valence-electron chi connectivity index (χ1n) is 7.31. The minimum Gasteiger partial charge on any atom is -0.493 e. The number of fused-ring (bicyclic) bond motifs is 1. The van der Waals surface area contributed by atoms with Gasteiger partial charge < -0.3 is 14.6 Å². The SMILES string of the molecule is O=C(O)c1sc2ccccc2c1OCCCOc1ccccc1. The van der Waals surface area contributed by atoms with E-state index in [1.807, 2.05) is 54.6 Å². The fraction of sp³-hybridized carbons (Fsp3) is 0.167. The average Bonchev–Trinajstić information content (AvgIpc) is 2.95. The highest BCUT2D eigenvalue weighted by molar-refractivity contribution is 7.21. The molecule has 0 amide bonds. The normalized spacial score (nSPS) is 10.6. The van der Waals surface area contributed by atoms with Crippen LogP contribution in [0.15, 0.2) is 54.6 Å². The molecule has 0 atom stereocenters. The summed E-state index contributed by atoms with van der Waals surface area (Å²) in [6.45, 7) is 0.933. The Morgan fingerprint density at radius 2 is 1.65 bits per heavy atom. The lowest BCUT2D eigenvalue weighted by Gasteiger charge is -2.08. The molecule has 3 rings (SSSR count). The van der Waals surface area contributed by atoms with E-state index in [2.05, 4.69) is 0 Å². The van der Waals surface area contributed by atoms with Gasteiger partial charge in [0.05, 0.1) is 13.2 Å². The van der Waals surface area contributed by atoms with E-state index < -0.39 is 5.97 Å². The predicted octanol–water partition coefficient (Wildman–Crippen LogP) is 4.45. The smallest absolute Gasteiger partial charge is 0.349 e. The molecule has 23 heavy (non-hydrogen) atoms. The number of benzene rings is 2. The summed E-state index contributed by atoms with van der Waals surface area (Å²) >= 11 is 1.24. The van der Waals surface area contributed by atoms with Crippen molar-refractivity contribution >= 4 is 27.4 Å². The zero-order chi connectivity index (χ0) is 16.1. The van der Waals surface area contributed by atoms with E-state index in [1.54, 1.807) is 0 Å². The zero-order valence-electron chi connectivity index (χ0n) is 12.4. The van der Waals surface area contributed by atoms with Gasteiger partial charge in [-0.1, -0.05) is 30.3 Å². The first-order valence-corrected chi connectivity index (χ1v) is 8.13. The molecule has 118 valence electrons. The van der Waals surface area contributed by atoms with E-state index in [4.69, 9.17) is 9.47 Å². The third-order valence-corrected chi connectivity index (χ3v) is 4.43. The lowest BCUT2D eigenvalue weighted by molar-refractivity contribution is 0.0698. The van der Waals surface area contributed by atoms with Crippen LogP contribution in [0.4, 0.5) is 0 Å². The molecule has 0 bridgehead atoms. The lowest BCUT2D eigenvalue weighted by Crippen LogP contribution is -2.06. The molecule has 1 N–H and O–H groups in total. The van der Waals surface area contributed by atoms with Crippen LogP contribution in [0.2, 0.25) is 0 Å². The monoisotopic (exact) mass is 328 g/mol. The fourth-order valence-electron chi connectivity index (χ4n) is 2.25. The second kappa shape index (κ2) is 7.15. The molecule has 0 radical (unpaired) electrons. The molecule has 0 aliphatic heterocycles. The van der Waals surface area contributed by atoms with E-state index >= 15 is 0 Å². The number of rotatable bonds is 7. The van der Waals surface area contributed by atoms with E-state index in [0.29, 0.717) is 25.4 Å². The summed E-state index contributed by atoms with van der Waals surface area (Å²) < 4.78 is 12.3. The minimum absolute atomic E-state index is 0.246. The van der Waals surface area contributed by atoms with Crippen molar-refractivity contribution < 1.29 is 19.4 Å². The van der Waals surface area contributed by atoms with E-state index in [-0.39, 0.29) is 4.88 Å². The number of thiophene rings is 1. The van der Waals surface area contributed by atoms with E-state index in [9.17, 15) is 9.90 Å². The summed E-state index contributed by atoms with van der Waals surface area (Å²) in [7, 11) is 0. The zero-order valence-corrected chi connectivity index (χ0v) is 13.2. The molecule has 5 heteroatoms. The Hall–Kier alpha value is -2.53. The molecule has 0 saturated carbocycles. The summed E-state index contributed by atoms with van der Waals surface area (Å²) in [6.07, 6.45) is 0.679. The van der Waals surface area contributed by atoms with Crippen molar-refractivity contribution in [2.24, 2.45) is 0 Å². The van der Waals surface area contributed by atoms with Gasteiger partial charge in [0.25, 0.3) is 0 Å². The number of ether oxygens (including phenoxy) is 2. The summed E-state index contributed by atoms with van der Waals surface area (Å²) in [5, 5.41) is 10.2. The molecule has 1 heterocycles. The highest BCUT2D eigenvalue weighted by Gasteiger charge is 2.18. The molecular formula is C18H16O4S. The Balaban J connectivity index is 1.60. The van der Waals surface area contributed by atoms with Gasteiger partial charge in [-0.25, -0.2) is 4.79 Å². The van der Waals surface area contributed by atoms with Crippen LogP contribution in [0, 0.1) is 0 Å². The van der Waals surface area contributed by atoms with Gasteiger partial charge in [0.1, 0.15) is 5.75 Å². The van der Waals surface area contributed by atoms with Gasteiger partial charge in [-0.3, -0.25) is 0 Å². The Labute approximate surface area is 137 Å². The molecule has 3 aromatic rings. The highest BCUT2D eigenvalue weighted by atomic mass is 32.1. The molecule has 0 spiro atoms. The number of carboxylic acid groups (broad SMARTS) is 1. The van der Waals surface area contributed by atoms with E-state index in [1.165, 1.54) is 11.3 Å². The number of hydrogen-bond donors (Lipinski definition) is 1. The Bertz CT molecular complexity index is 795. The quantitative estimate of drug-likeness (QED) is 0.651. The molecule has 0 aliphatic rings. The van der Waals surface area contributed by atoms with Crippen molar-refractivity contribution in [2.45, 2.75) is 6.42 Å². The first-order chi connectivity index (χ1) is 11.3. The fourth-order valence-corrected chi connectivity index (χ4v) is 3.23. The maximum atomic E-state index is 11.4. The van der Waals surface area contributed by atoms with Crippen molar-refractivity contribution in [3.05, 3.63) is 59.5 Å². The topological polar surface area (TPSA) is 55.8 Å². The Morgan fingerprint density at radius 1 is 0.957 bits per heavy atom. The summed E-state index contributed by atoms with van der Waals surface area (Å²) in [5.74, 6) is 0.319. The van der Waals surface area contributed by atoms with Crippen LogP contribution >= 0.6 is 11.3 Å². The van der Waals surface area contributed by atoms with Crippen LogP contribution in [0.5, 0.6) is 11.5 Å². The second-order valence-electron chi connectivity index (χ2n) is 4.93. The van der Waals surface area contributed by atoms with Gasteiger partial charge in [-0.15, -0.1) is 11.3 Å². The van der Waals surface area contributed by atoms with Crippen LogP contribution in [0.1, 0.15) is 16.1 Å². The van der Waals surface area contributed by atoms with Crippen molar-refractivity contribution in [1.82, 2.24) is 0 Å². The van der Waals surface area contributed by atoms with Crippen molar-refractivity contribution in [2.75, 3.05) is 13.2 Å². The van der Waals surface area contributed by atoms with Crippen molar-refractivity contribution in [3.63, 3.8) is 0 Å². The molecule has 2 aromatic carbocycles. The van der Waals surface area contributed by atoms with Gasteiger partial charge >= 0.3 is 5.97 Å². The third kappa shape index (κ3) is 3.63. The maximum absolute atomic E-state index is 11.4. The van der Waals surface area contributed by atoms with Crippen molar-refractivity contribution in [1.29, 1.82) is 0 Å². The number of para-hydroxylation sites is 1. The van der Waals surface area contributed by atoms with Crippen LogP contribution in [-0.2, 0) is 0 Å². The maximum Gasteiger partial charge on any atom is 0.349 e. The van der Waals surface area contributed by atoms with Gasteiger partial charge in [0.2, 0.25) is 0 Å². The summed E-state index contributed by atoms with van der Waals surface area (Å²) in [5.41, 5.74) is 0. The average molecular weight is 328 g/mol. The molecule has 0 unspecified atom stereocenters. The second-order valence-corrected chi connectivity index (χ2v) is 5.98. The Kier molecular flexibility index (Phi) is 4.78. The summed E-state index contributed by atoms with van der Waals surface area (Å²) in [4.78, 5) is 11.6. The minimum atomic E-state index is -0.957. The van der Waals surface area contributed by atoms with E-state index in [0.717, 1.165) is 15.8 Å². The standard InChI is InChI=1S/C18H16O4S/c19-18(20)17-16(14-9-4-5-10-15(14)23-17)22-12-6-11-21-13-7-2-1-3-8-13/h1-5,7-10H,6,11-12H2,(H,19,20). The third-order valence-electron chi connectivity index (χ3n) is 3.29. The highest BCUT2D eigenvalue weighted by Crippen LogP contribution is 2.37. The van der Waals surface area contributed by atoms with Gasteiger partial charge in [0.15, 0.2) is 10.6 Å². The largest absolute Gasteiger partial charge is 0.493 e. The number of carboxylic acids is 1. The Morgan fingerprint density at radius 3 is 2.43 bits per heavy atom.